The summed E-state index contributed by atoms with van der Waals surface area (Å²) >= 11 is 0. The summed E-state index contributed by atoms with van der Waals surface area (Å²) in [5, 5.41) is 0. The Labute approximate surface area is 97.5 Å². The molecule has 0 nitrogen and oxygen atoms in total. The van der Waals surface area contributed by atoms with Gasteiger partial charge in [-0.1, -0.05) is 58.4 Å². The molecule has 90 valence electrons. The summed E-state index contributed by atoms with van der Waals surface area (Å²) in [5.41, 5.74) is 1.76. The molecule has 0 spiro atoms. The number of allylic oxidation sites excluding steroid dienone is 4. The van der Waals surface area contributed by atoms with Crippen LogP contribution < -0.4 is 0 Å². The topological polar surface area (TPSA) is 0 Å². The minimum atomic E-state index is 0.360. The Balaban J connectivity index is 0. The summed E-state index contributed by atoms with van der Waals surface area (Å²) in [6, 6.07) is 0. The number of hydrogen-bond acceptors (Lipinski definition) is 0. The summed E-state index contributed by atoms with van der Waals surface area (Å²) in [5.74, 6) is 0.816. The van der Waals surface area contributed by atoms with Crippen LogP contribution in [-0.4, -0.2) is 0 Å². The zero-order valence-corrected chi connectivity index (χ0v) is 12.0. The smallest absolute Gasteiger partial charge is 0.0201 e. The Morgan fingerprint density at radius 2 is 1.60 bits per heavy atom. The molecule has 15 heavy (non-hydrogen) atoms. The average molecular weight is 210 g/mol. The lowest BCUT2D eigenvalue weighted by Crippen LogP contribution is -1.99. The lowest BCUT2D eigenvalue weighted by atomic mass is 9.94. The molecule has 0 heterocycles. The maximum atomic E-state index is 2.27. The SMILES string of the molecule is CC(C)=CC(C)(C)C.CC=CCC(C)C. The summed E-state index contributed by atoms with van der Waals surface area (Å²) in [6.07, 6.45) is 7.79. The van der Waals surface area contributed by atoms with Crippen molar-refractivity contribution < 1.29 is 0 Å². The van der Waals surface area contributed by atoms with Crippen molar-refractivity contribution in [1.82, 2.24) is 0 Å². The van der Waals surface area contributed by atoms with E-state index in [2.05, 4.69) is 73.6 Å². The maximum absolute atomic E-state index is 2.27. The first-order chi connectivity index (χ1) is 6.69. The van der Waals surface area contributed by atoms with Crippen LogP contribution in [0, 0.1) is 11.3 Å². The molecule has 0 amide bonds. The molecule has 0 atom stereocenters. The molecule has 0 aromatic rings. The van der Waals surface area contributed by atoms with E-state index in [9.17, 15) is 0 Å². The Morgan fingerprint density at radius 3 is 1.67 bits per heavy atom. The fourth-order valence-electron chi connectivity index (χ4n) is 1.27. The van der Waals surface area contributed by atoms with Crippen LogP contribution in [0.25, 0.3) is 0 Å². The molecule has 0 aliphatic rings. The van der Waals surface area contributed by atoms with Gasteiger partial charge in [0, 0.05) is 0 Å². The Hall–Kier alpha value is -0.520. The lowest BCUT2D eigenvalue weighted by Gasteiger charge is -2.11. The van der Waals surface area contributed by atoms with Crippen molar-refractivity contribution in [3.63, 3.8) is 0 Å². The molecule has 0 fully saturated rings. The molecule has 0 aromatic carbocycles. The lowest BCUT2D eigenvalue weighted by molar-refractivity contribution is 0.540. The predicted octanol–water partition coefficient (Wildman–Crippen LogP) is 5.61. The first-order valence-corrected chi connectivity index (χ1v) is 5.96. The zero-order chi connectivity index (χ0) is 12.5. The van der Waals surface area contributed by atoms with E-state index in [1.165, 1.54) is 12.0 Å². The molecule has 0 saturated carbocycles. The zero-order valence-electron chi connectivity index (χ0n) is 12.0. The van der Waals surface area contributed by atoms with E-state index in [4.69, 9.17) is 0 Å². The van der Waals surface area contributed by atoms with Gasteiger partial charge in [0.2, 0.25) is 0 Å². The van der Waals surface area contributed by atoms with Crippen LogP contribution in [0.2, 0.25) is 0 Å². The van der Waals surface area contributed by atoms with Gasteiger partial charge in [-0.3, -0.25) is 0 Å². The average Bonchev–Trinajstić information content (AvgIpc) is 1.96. The molecular weight excluding hydrogens is 180 g/mol. The Kier molecular flexibility index (Phi) is 9.87. The fraction of sp³-hybridized carbons (Fsp3) is 0.733. The van der Waals surface area contributed by atoms with Crippen molar-refractivity contribution in [2.75, 3.05) is 0 Å². The third-order valence-electron chi connectivity index (χ3n) is 1.56. The highest BCUT2D eigenvalue weighted by Crippen LogP contribution is 2.16. The summed E-state index contributed by atoms with van der Waals surface area (Å²) in [7, 11) is 0. The molecule has 0 aromatic heterocycles. The van der Waals surface area contributed by atoms with Gasteiger partial charge in [0.25, 0.3) is 0 Å². The van der Waals surface area contributed by atoms with Gasteiger partial charge in [-0.05, 0) is 38.5 Å². The van der Waals surface area contributed by atoms with Crippen LogP contribution in [0.3, 0.4) is 0 Å². The highest BCUT2D eigenvalue weighted by atomic mass is 14.1. The molecule has 0 saturated heterocycles. The number of rotatable bonds is 2. The standard InChI is InChI=1S/C8H16.C7H14/c1-7(2)6-8(3,4)5;1-4-5-6-7(2)3/h6H,1-5H3;4-5,7H,6H2,1-3H3. The molecule has 0 radical (unpaired) electrons. The Bertz CT molecular complexity index is 183. The first-order valence-electron chi connectivity index (χ1n) is 5.96. The van der Waals surface area contributed by atoms with Gasteiger partial charge in [-0.25, -0.2) is 0 Å². The molecular formula is C15H30. The monoisotopic (exact) mass is 210 g/mol. The van der Waals surface area contributed by atoms with E-state index in [0.29, 0.717) is 5.41 Å². The fourth-order valence-corrected chi connectivity index (χ4v) is 1.27. The van der Waals surface area contributed by atoms with Gasteiger partial charge in [0.05, 0.1) is 0 Å². The van der Waals surface area contributed by atoms with Crippen LogP contribution in [0.1, 0.15) is 61.8 Å². The third kappa shape index (κ3) is 24.7. The molecule has 0 rings (SSSR count). The van der Waals surface area contributed by atoms with Crippen LogP contribution in [-0.2, 0) is 0 Å². The molecule has 0 unspecified atom stereocenters. The van der Waals surface area contributed by atoms with E-state index in [-0.39, 0.29) is 0 Å². The second-order valence-electron chi connectivity index (χ2n) is 5.79. The summed E-state index contributed by atoms with van der Waals surface area (Å²) in [4.78, 5) is 0. The van der Waals surface area contributed by atoms with Crippen molar-refractivity contribution in [1.29, 1.82) is 0 Å². The van der Waals surface area contributed by atoms with Crippen molar-refractivity contribution >= 4 is 0 Å². The van der Waals surface area contributed by atoms with E-state index in [1.807, 2.05) is 0 Å². The van der Waals surface area contributed by atoms with Crippen molar-refractivity contribution in [2.24, 2.45) is 11.3 Å². The van der Waals surface area contributed by atoms with Gasteiger partial charge in [-0.15, -0.1) is 0 Å². The molecule has 0 bridgehead atoms. The minimum Gasteiger partial charge on any atom is -0.0917 e. The van der Waals surface area contributed by atoms with Crippen molar-refractivity contribution in [3.8, 4) is 0 Å². The third-order valence-corrected chi connectivity index (χ3v) is 1.56. The van der Waals surface area contributed by atoms with Gasteiger partial charge in [0.1, 0.15) is 0 Å². The van der Waals surface area contributed by atoms with E-state index in [1.54, 1.807) is 0 Å². The van der Waals surface area contributed by atoms with Crippen LogP contribution in [0.15, 0.2) is 23.8 Å². The maximum Gasteiger partial charge on any atom is -0.0201 e. The van der Waals surface area contributed by atoms with Gasteiger partial charge in [-0.2, -0.15) is 0 Å². The highest BCUT2D eigenvalue weighted by molar-refractivity contribution is 5.00. The predicted molar refractivity (Wildman–Crippen MR) is 73.2 cm³/mol. The Morgan fingerprint density at radius 1 is 1.13 bits per heavy atom. The van der Waals surface area contributed by atoms with E-state index in [0.717, 1.165) is 5.92 Å². The van der Waals surface area contributed by atoms with Crippen LogP contribution >= 0.6 is 0 Å². The normalized spacial score (nSPS) is 11.3. The molecule has 0 heteroatoms. The number of hydrogen-bond donors (Lipinski definition) is 0. The highest BCUT2D eigenvalue weighted by Gasteiger charge is 2.03. The molecule has 0 aliphatic heterocycles. The van der Waals surface area contributed by atoms with Crippen molar-refractivity contribution in [3.05, 3.63) is 23.8 Å². The largest absolute Gasteiger partial charge is 0.0917 e. The van der Waals surface area contributed by atoms with Crippen molar-refractivity contribution in [2.45, 2.75) is 61.8 Å². The second-order valence-corrected chi connectivity index (χ2v) is 5.79. The van der Waals surface area contributed by atoms with Crippen LogP contribution in [0.4, 0.5) is 0 Å². The van der Waals surface area contributed by atoms with Gasteiger partial charge < -0.3 is 0 Å². The van der Waals surface area contributed by atoms with Gasteiger partial charge in [0.15, 0.2) is 0 Å². The van der Waals surface area contributed by atoms with E-state index < -0.39 is 0 Å². The van der Waals surface area contributed by atoms with Gasteiger partial charge >= 0.3 is 0 Å². The molecule has 0 N–H and O–H groups in total. The molecule has 0 aliphatic carbocycles. The summed E-state index contributed by atoms with van der Waals surface area (Å²) < 4.78 is 0. The summed E-state index contributed by atoms with van der Waals surface area (Å²) in [6.45, 7) is 17.4. The quantitative estimate of drug-likeness (QED) is 0.520. The minimum absolute atomic E-state index is 0.360. The second kappa shape index (κ2) is 8.76. The van der Waals surface area contributed by atoms with E-state index >= 15 is 0 Å². The first kappa shape index (κ1) is 16.9. The van der Waals surface area contributed by atoms with Crippen LogP contribution in [0.5, 0.6) is 0 Å².